The van der Waals surface area contributed by atoms with E-state index in [4.69, 9.17) is 15.6 Å². The number of hydrazone groups is 1. The topological polar surface area (TPSA) is 147 Å². The molecule has 5 rings (SSSR count). The zero-order valence-corrected chi connectivity index (χ0v) is 24.8. The van der Waals surface area contributed by atoms with E-state index in [1.54, 1.807) is 31.5 Å². The quantitative estimate of drug-likeness (QED) is 0.224. The van der Waals surface area contributed by atoms with E-state index in [1.807, 2.05) is 13.0 Å². The number of nitrogens with zero attached hydrogens (tertiary/aromatic N) is 5. The molecule has 1 unspecified atom stereocenters. The van der Waals surface area contributed by atoms with Gasteiger partial charge in [0.2, 0.25) is 5.91 Å². The monoisotopic (exact) mass is 572 g/mol. The molecular weight excluding hydrogens is 532 g/mol. The number of nitrogens with one attached hydrogen (secondary N) is 2. The van der Waals surface area contributed by atoms with Gasteiger partial charge in [0.25, 0.3) is 5.91 Å². The fourth-order valence-corrected chi connectivity index (χ4v) is 5.85. The van der Waals surface area contributed by atoms with Gasteiger partial charge in [-0.25, -0.2) is 0 Å². The maximum Gasteiger partial charge on any atom is 0.278 e. The summed E-state index contributed by atoms with van der Waals surface area (Å²) in [5.74, 6) is 5.65. The van der Waals surface area contributed by atoms with Crippen LogP contribution in [0.3, 0.4) is 0 Å². The number of hydrogen-bond acceptors (Lipinski definition) is 9. The zero-order chi connectivity index (χ0) is 29.8. The second-order valence-corrected chi connectivity index (χ2v) is 11.5. The van der Waals surface area contributed by atoms with E-state index < -0.39 is 5.91 Å². The van der Waals surface area contributed by atoms with Crippen molar-refractivity contribution in [1.29, 1.82) is 0 Å². The number of pyridine rings is 2. The minimum atomic E-state index is -0.522. The molecule has 0 aromatic carbocycles. The van der Waals surface area contributed by atoms with Crippen LogP contribution in [0.1, 0.15) is 63.4 Å². The Hall–Kier alpha value is -3.96. The molecule has 0 aliphatic carbocycles. The number of aromatic nitrogens is 2. The Morgan fingerprint density at radius 1 is 1.12 bits per heavy atom. The van der Waals surface area contributed by atoms with E-state index in [0.717, 1.165) is 62.3 Å². The molecule has 2 aromatic heterocycles. The van der Waals surface area contributed by atoms with E-state index in [0.29, 0.717) is 41.3 Å². The van der Waals surface area contributed by atoms with Gasteiger partial charge in [-0.3, -0.25) is 29.4 Å². The highest BCUT2D eigenvalue weighted by atomic mass is 16.5. The van der Waals surface area contributed by atoms with Crippen molar-refractivity contribution in [2.45, 2.75) is 65.5 Å². The number of nitrogens with two attached hydrogens (primary N) is 1. The molecule has 2 atom stereocenters. The molecule has 0 spiro atoms. The van der Waals surface area contributed by atoms with Crippen LogP contribution in [0.2, 0.25) is 0 Å². The summed E-state index contributed by atoms with van der Waals surface area (Å²) in [4.78, 5) is 41.7. The Bertz CT molecular complexity index is 1430. The predicted molar refractivity (Wildman–Crippen MR) is 164 cm³/mol. The van der Waals surface area contributed by atoms with Gasteiger partial charge in [0, 0.05) is 35.0 Å². The highest BCUT2D eigenvalue weighted by Gasteiger charge is 2.27. The van der Waals surface area contributed by atoms with Crippen LogP contribution >= 0.6 is 0 Å². The summed E-state index contributed by atoms with van der Waals surface area (Å²) in [7, 11) is 0. The largest absolute Gasteiger partial charge is 0.381 e. The van der Waals surface area contributed by atoms with Crippen molar-refractivity contribution in [3.8, 4) is 0 Å². The molecule has 0 radical (unpaired) electrons. The van der Waals surface area contributed by atoms with Gasteiger partial charge >= 0.3 is 0 Å². The molecule has 11 heteroatoms. The number of amides is 2. The lowest BCUT2D eigenvalue weighted by atomic mass is 9.92. The van der Waals surface area contributed by atoms with Crippen molar-refractivity contribution in [1.82, 2.24) is 14.9 Å². The third kappa shape index (κ3) is 6.57. The summed E-state index contributed by atoms with van der Waals surface area (Å²) in [5, 5.41) is 9.45. The summed E-state index contributed by atoms with van der Waals surface area (Å²) < 4.78 is 5.30. The minimum absolute atomic E-state index is 0.0125. The number of hydrogen-bond donors (Lipinski definition) is 3. The molecule has 2 amide bonds. The Morgan fingerprint density at radius 2 is 1.93 bits per heavy atom. The summed E-state index contributed by atoms with van der Waals surface area (Å²) >= 11 is 0. The van der Waals surface area contributed by atoms with Gasteiger partial charge in [0.15, 0.2) is 5.71 Å². The van der Waals surface area contributed by atoms with Crippen molar-refractivity contribution in [2.24, 2.45) is 21.9 Å². The molecule has 4 N–H and O–H groups in total. The second-order valence-electron chi connectivity index (χ2n) is 11.5. The van der Waals surface area contributed by atoms with Crippen molar-refractivity contribution in [2.75, 3.05) is 36.9 Å². The predicted octanol–water partition coefficient (Wildman–Crippen LogP) is 3.55. The summed E-state index contributed by atoms with van der Waals surface area (Å²) in [6.07, 6.45) is 7.62. The van der Waals surface area contributed by atoms with Gasteiger partial charge in [-0.05, 0) is 77.6 Å². The van der Waals surface area contributed by atoms with Crippen molar-refractivity contribution in [3.05, 3.63) is 53.1 Å². The number of rotatable bonds is 10. The number of ether oxygens (including phenoxy) is 1. The van der Waals surface area contributed by atoms with Gasteiger partial charge in [-0.15, -0.1) is 0 Å². The van der Waals surface area contributed by atoms with E-state index in [-0.39, 0.29) is 17.7 Å². The Balaban J connectivity index is 1.24. The first-order chi connectivity index (χ1) is 20.2. The maximum absolute atomic E-state index is 13.2. The Kier molecular flexibility index (Phi) is 9.08. The number of allylic oxidation sites excluding steroid dienone is 1. The van der Waals surface area contributed by atoms with Crippen LogP contribution in [0.25, 0.3) is 5.57 Å². The lowest BCUT2D eigenvalue weighted by molar-refractivity contribution is -0.117. The first-order valence-electron chi connectivity index (χ1n) is 14.6. The average molecular weight is 573 g/mol. The SMILES string of the molecule is CC1=NC(CCC2COC2)C(C)=C1c1ccc(/C(=N\N)C(=O)Nc2cc(NC(=O)CN3CCC[C@@H]3C)cnc2C)nc1. The van der Waals surface area contributed by atoms with Crippen LogP contribution in [0.4, 0.5) is 11.4 Å². The number of aryl methyl sites for hydroxylation is 1. The number of carbonyl (C=O) groups excluding carboxylic acids is 2. The fourth-order valence-electron chi connectivity index (χ4n) is 5.85. The third-order valence-corrected chi connectivity index (χ3v) is 8.46. The van der Waals surface area contributed by atoms with Crippen LogP contribution in [0.15, 0.2) is 46.3 Å². The first-order valence-corrected chi connectivity index (χ1v) is 14.6. The van der Waals surface area contributed by atoms with Gasteiger partial charge in [-0.2, -0.15) is 5.10 Å². The highest BCUT2D eigenvalue weighted by molar-refractivity contribution is 6.48. The Morgan fingerprint density at radius 3 is 2.57 bits per heavy atom. The van der Waals surface area contributed by atoms with Crippen LogP contribution < -0.4 is 16.5 Å². The van der Waals surface area contributed by atoms with Gasteiger partial charge in [0.1, 0.15) is 0 Å². The van der Waals surface area contributed by atoms with Gasteiger partial charge < -0.3 is 21.2 Å². The number of likely N-dealkylation sites (tertiary alicyclic amines) is 1. The fraction of sp³-hybridized carbons (Fsp3) is 0.484. The molecule has 0 bridgehead atoms. The zero-order valence-electron chi connectivity index (χ0n) is 24.8. The molecule has 0 saturated carbocycles. The second kappa shape index (κ2) is 12.9. The molecule has 2 fully saturated rings. The van der Waals surface area contributed by atoms with Gasteiger partial charge in [-0.1, -0.05) is 6.07 Å². The summed E-state index contributed by atoms with van der Waals surface area (Å²) in [6.45, 7) is 11.0. The van der Waals surface area contributed by atoms with Crippen molar-refractivity contribution >= 4 is 40.2 Å². The van der Waals surface area contributed by atoms with E-state index in [9.17, 15) is 9.59 Å². The lowest BCUT2D eigenvalue weighted by Crippen LogP contribution is -2.35. The molecule has 222 valence electrons. The van der Waals surface area contributed by atoms with Crippen LogP contribution in [-0.4, -0.2) is 76.5 Å². The first kappa shape index (κ1) is 29.5. The number of aliphatic imine (C=N–C) groups is 1. The van der Waals surface area contributed by atoms with Crippen LogP contribution in [0, 0.1) is 12.8 Å². The summed E-state index contributed by atoms with van der Waals surface area (Å²) in [5.41, 5.74) is 6.13. The molecular formula is C31H40N8O3. The number of anilines is 2. The number of carbonyl (C=O) groups is 2. The molecule has 5 heterocycles. The molecule has 3 aliphatic rings. The molecule has 3 aliphatic heterocycles. The minimum Gasteiger partial charge on any atom is -0.381 e. The third-order valence-electron chi connectivity index (χ3n) is 8.46. The molecule has 2 aromatic rings. The van der Waals surface area contributed by atoms with Crippen LogP contribution in [-0.2, 0) is 14.3 Å². The van der Waals surface area contributed by atoms with Gasteiger partial charge in [0.05, 0.1) is 54.8 Å². The normalized spacial score (nSPS) is 21.3. The highest BCUT2D eigenvalue weighted by Crippen LogP contribution is 2.33. The van der Waals surface area contributed by atoms with E-state index >= 15 is 0 Å². The maximum atomic E-state index is 13.2. The van der Waals surface area contributed by atoms with Crippen molar-refractivity contribution in [3.63, 3.8) is 0 Å². The average Bonchev–Trinajstić information content (AvgIpc) is 3.46. The molecule has 42 heavy (non-hydrogen) atoms. The summed E-state index contributed by atoms with van der Waals surface area (Å²) in [6, 6.07) is 5.92. The lowest BCUT2D eigenvalue weighted by Gasteiger charge is -2.26. The standard InChI is InChI=1S/C31H40N8O3/c1-18-6-5-11-39(18)15-28(40)36-24-12-27(20(3)33-14-24)37-31(41)30(38-32)26-10-8-23(13-34-26)29-19(2)25(35-21(29)4)9-7-22-16-42-17-22/h8,10,12-14,18,22,25H,5-7,9,11,15-17,32H2,1-4H3,(H,36,40)(H,37,41)/b38-30+/t18-,25?/m0/s1. The smallest absolute Gasteiger partial charge is 0.278 e. The van der Waals surface area contributed by atoms with E-state index in [2.05, 4.69) is 44.5 Å². The molecule has 11 nitrogen and oxygen atoms in total. The Labute approximate surface area is 246 Å². The van der Waals surface area contributed by atoms with Crippen LogP contribution in [0.5, 0.6) is 0 Å². The van der Waals surface area contributed by atoms with E-state index in [1.165, 1.54) is 5.57 Å². The van der Waals surface area contributed by atoms with Crippen molar-refractivity contribution < 1.29 is 14.3 Å². The molecule has 2 saturated heterocycles.